The zero-order valence-corrected chi connectivity index (χ0v) is 8.48. The molecule has 13 heavy (non-hydrogen) atoms. The summed E-state index contributed by atoms with van der Waals surface area (Å²) in [5.41, 5.74) is 1.51. The van der Waals surface area contributed by atoms with Crippen molar-refractivity contribution in [3.8, 4) is 0 Å². The van der Waals surface area contributed by atoms with Gasteiger partial charge in [0.1, 0.15) is 0 Å². The van der Waals surface area contributed by atoms with Crippen LogP contribution in [0.4, 0.5) is 5.69 Å². The van der Waals surface area contributed by atoms with Gasteiger partial charge in [0.2, 0.25) is 0 Å². The Labute approximate surface area is 82.9 Å². The summed E-state index contributed by atoms with van der Waals surface area (Å²) in [6.07, 6.45) is 0.509. The molecule has 2 nitrogen and oxygen atoms in total. The van der Waals surface area contributed by atoms with Crippen LogP contribution >= 0.6 is 11.6 Å². The summed E-state index contributed by atoms with van der Waals surface area (Å²) in [5.74, 6) is 0.115. The fourth-order valence-electron chi connectivity index (χ4n) is 1.10. The minimum absolute atomic E-state index is 0.115. The summed E-state index contributed by atoms with van der Waals surface area (Å²) in [4.78, 5) is 11.3. The predicted octanol–water partition coefficient (Wildman–Crippen LogP) is 2.97. The molecule has 0 aromatic heterocycles. The lowest BCUT2D eigenvalue weighted by atomic mass is 10.1. The Morgan fingerprint density at radius 3 is 2.69 bits per heavy atom. The van der Waals surface area contributed by atoms with Gasteiger partial charge in [-0.15, -0.1) is 0 Å². The van der Waals surface area contributed by atoms with Crippen molar-refractivity contribution in [3.05, 3.63) is 28.8 Å². The Kier molecular flexibility index (Phi) is 3.32. The van der Waals surface area contributed by atoms with Crippen LogP contribution in [0.3, 0.4) is 0 Å². The smallest absolute Gasteiger partial charge is 0.162 e. The molecule has 0 aliphatic carbocycles. The molecule has 1 rings (SSSR count). The fourth-order valence-corrected chi connectivity index (χ4v) is 1.37. The summed E-state index contributed by atoms with van der Waals surface area (Å²) < 4.78 is 0. The van der Waals surface area contributed by atoms with Crippen LogP contribution in [0.1, 0.15) is 23.7 Å². The molecular weight excluding hydrogens is 186 g/mol. The molecule has 0 aliphatic heterocycles. The van der Waals surface area contributed by atoms with E-state index in [1.165, 1.54) is 0 Å². The summed E-state index contributed by atoms with van der Waals surface area (Å²) in [6.45, 7) is 1.84. The number of nitrogens with one attached hydrogen (secondary N) is 1. The van der Waals surface area contributed by atoms with Crippen molar-refractivity contribution in [2.45, 2.75) is 13.3 Å². The third kappa shape index (κ3) is 2.22. The second kappa shape index (κ2) is 4.28. The Balaban J connectivity index is 3.02. The van der Waals surface area contributed by atoms with Crippen LogP contribution < -0.4 is 5.32 Å². The molecule has 3 heteroatoms. The van der Waals surface area contributed by atoms with Crippen LogP contribution in [0.25, 0.3) is 0 Å². The molecule has 1 aromatic rings. The Morgan fingerprint density at radius 1 is 1.54 bits per heavy atom. The number of hydrogen-bond acceptors (Lipinski definition) is 2. The number of ketones is 1. The normalized spacial score (nSPS) is 9.77. The van der Waals surface area contributed by atoms with E-state index in [-0.39, 0.29) is 5.78 Å². The fraction of sp³-hybridized carbons (Fsp3) is 0.300. The van der Waals surface area contributed by atoms with Crippen molar-refractivity contribution in [2.75, 3.05) is 12.4 Å². The molecule has 0 fully saturated rings. The number of hydrogen-bond donors (Lipinski definition) is 1. The van der Waals surface area contributed by atoms with E-state index >= 15 is 0 Å². The van der Waals surface area contributed by atoms with Crippen molar-refractivity contribution in [2.24, 2.45) is 0 Å². The van der Waals surface area contributed by atoms with Crippen LogP contribution in [-0.2, 0) is 0 Å². The van der Waals surface area contributed by atoms with E-state index in [0.717, 1.165) is 5.69 Å². The van der Waals surface area contributed by atoms with Gasteiger partial charge in [0, 0.05) is 19.0 Å². The first-order chi connectivity index (χ1) is 6.19. The highest BCUT2D eigenvalue weighted by atomic mass is 35.5. The molecule has 0 saturated carbocycles. The van der Waals surface area contributed by atoms with Gasteiger partial charge in [-0.25, -0.2) is 0 Å². The number of anilines is 1. The van der Waals surface area contributed by atoms with Crippen molar-refractivity contribution in [1.82, 2.24) is 0 Å². The SMILES string of the molecule is CCC(=O)c1ccc(NC)c(Cl)c1. The number of carbonyl (C=O) groups is 1. The van der Waals surface area contributed by atoms with Gasteiger partial charge in [0.05, 0.1) is 10.7 Å². The minimum atomic E-state index is 0.115. The molecule has 0 saturated heterocycles. The van der Waals surface area contributed by atoms with E-state index in [4.69, 9.17) is 11.6 Å². The van der Waals surface area contributed by atoms with E-state index in [1.54, 1.807) is 19.2 Å². The van der Waals surface area contributed by atoms with Gasteiger partial charge in [0.25, 0.3) is 0 Å². The summed E-state index contributed by atoms with van der Waals surface area (Å²) in [6, 6.07) is 5.29. The molecule has 1 N–H and O–H groups in total. The number of benzene rings is 1. The quantitative estimate of drug-likeness (QED) is 0.755. The van der Waals surface area contributed by atoms with E-state index in [2.05, 4.69) is 5.32 Å². The lowest BCUT2D eigenvalue weighted by Gasteiger charge is -2.04. The highest BCUT2D eigenvalue weighted by Gasteiger charge is 2.05. The average Bonchev–Trinajstić information content (AvgIpc) is 2.16. The first kappa shape index (κ1) is 10.1. The molecular formula is C10H12ClNO. The molecule has 0 bridgehead atoms. The molecule has 70 valence electrons. The van der Waals surface area contributed by atoms with E-state index in [9.17, 15) is 4.79 Å². The molecule has 1 aromatic carbocycles. The monoisotopic (exact) mass is 197 g/mol. The maximum Gasteiger partial charge on any atom is 0.162 e. The molecule has 0 spiro atoms. The van der Waals surface area contributed by atoms with Crippen LogP contribution in [0.15, 0.2) is 18.2 Å². The number of carbonyl (C=O) groups excluding carboxylic acids is 1. The number of Topliss-reactive ketones (excluding diaryl/α,β-unsaturated/α-hetero) is 1. The zero-order valence-electron chi connectivity index (χ0n) is 7.73. The second-order valence-electron chi connectivity index (χ2n) is 2.72. The minimum Gasteiger partial charge on any atom is -0.387 e. The lowest BCUT2D eigenvalue weighted by Crippen LogP contribution is -1.97. The topological polar surface area (TPSA) is 29.1 Å². The molecule has 0 atom stereocenters. The molecule has 0 radical (unpaired) electrons. The van der Waals surface area contributed by atoms with Crippen molar-refractivity contribution in [3.63, 3.8) is 0 Å². The third-order valence-electron chi connectivity index (χ3n) is 1.88. The molecule has 0 amide bonds. The van der Waals surface area contributed by atoms with Gasteiger partial charge < -0.3 is 5.32 Å². The van der Waals surface area contributed by atoms with Crippen molar-refractivity contribution < 1.29 is 4.79 Å². The summed E-state index contributed by atoms with van der Waals surface area (Å²) in [7, 11) is 1.79. The van der Waals surface area contributed by atoms with Crippen LogP contribution in [0.2, 0.25) is 5.02 Å². The van der Waals surface area contributed by atoms with E-state index in [1.807, 2.05) is 13.0 Å². The molecule has 0 heterocycles. The Bertz CT molecular complexity index is 323. The first-order valence-corrected chi connectivity index (χ1v) is 4.57. The van der Waals surface area contributed by atoms with Gasteiger partial charge in [-0.2, -0.15) is 0 Å². The third-order valence-corrected chi connectivity index (χ3v) is 2.19. The van der Waals surface area contributed by atoms with Crippen LogP contribution in [0.5, 0.6) is 0 Å². The Hall–Kier alpha value is -1.02. The Morgan fingerprint density at radius 2 is 2.23 bits per heavy atom. The van der Waals surface area contributed by atoms with E-state index in [0.29, 0.717) is 17.0 Å². The van der Waals surface area contributed by atoms with Gasteiger partial charge >= 0.3 is 0 Å². The van der Waals surface area contributed by atoms with Gasteiger partial charge in [-0.1, -0.05) is 18.5 Å². The highest BCUT2D eigenvalue weighted by molar-refractivity contribution is 6.33. The highest BCUT2D eigenvalue weighted by Crippen LogP contribution is 2.22. The summed E-state index contributed by atoms with van der Waals surface area (Å²) >= 11 is 5.92. The summed E-state index contributed by atoms with van der Waals surface area (Å²) in [5, 5.41) is 3.52. The van der Waals surface area contributed by atoms with Gasteiger partial charge in [-0.3, -0.25) is 4.79 Å². The standard InChI is InChI=1S/C10H12ClNO/c1-3-10(13)7-4-5-9(12-2)8(11)6-7/h4-6,12H,3H2,1-2H3. The second-order valence-corrected chi connectivity index (χ2v) is 3.13. The van der Waals surface area contributed by atoms with Gasteiger partial charge in [-0.05, 0) is 18.2 Å². The zero-order chi connectivity index (χ0) is 9.84. The van der Waals surface area contributed by atoms with Crippen molar-refractivity contribution in [1.29, 1.82) is 0 Å². The maximum atomic E-state index is 11.3. The number of rotatable bonds is 3. The van der Waals surface area contributed by atoms with Crippen LogP contribution in [0, 0.1) is 0 Å². The molecule has 0 unspecified atom stereocenters. The van der Waals surface area contributed by atoms with E-state index < -0.39 is 0 Å². The molecule has 0 aliphatic rings. The average molecular weight is 198 g/mol. The number of halogens is 1. The van der Waals surface area contributed by atoms with Crippen LogP contribution in [-0.4, -0.2) is 12.8 Å². The van der Waals surface area contributed by atoms with Crippen molar-refractivity contribution >= 4 is 23.1 Å². The lowest BCUT2D eigenvalue weighted by molar-refractivity contribution is 0.0988. The predicted molar refractivity (Wildman–Crippen MR) is 55.6 cm³/mol. The first-order valence-electron chi connectivity index (χ1n) is 4.19. The largest absolute Gasteiger partial charge is 0.387 e. The maximum absolute atomic E-state index is 11.3. The van der Waals surface area contributed by atoms with Gasteiger partial charge in [0.15, 0.2) is 5.78 Å².